The summed E-state index contributed by atoms with van der Waals surface area (Å²) in [6, 6.07) is 9.02. The maximum Gasteiger partial charge on any atom is 0.113 e. The third-order valence-corrected chi connectivity index (χ3v) is 7.33. The molecule has 2 saturated carbocycles. The molecule has 1 aromatic carbocycles. The van der Waals surface area contributed by atoms with E-state index in [2.05, 4.69) is 38.1 Å². The summed E-state index contributed by atoms with van der Waals surface area (Å²) in [5.41, 5.74) is 3.07. The first-order valence-corrected chi connectivity index (χ1v) is 8.25. The van der Waals surface area contributed by atoms with Gasteiger partial charge < -0.3 is 14.2 Å². The Morgan fingerprint density at radius 1 is 0.810 bits per heavy atom. The zero-order valence-electron chi connectivity index (χ0n) is 12.2. The quantitative estimate of drug-likeness (QED) is 0.685. The molecule has 108 valence electrons. The molecular weight excluding hydrogens is 264 g/mol. The van der Waals surface area contributed by atoms with Crippen LogP contribution in [0.25, 0.3) is 0 Å². The summed E-state index contributed by atoms with van der Waals surface area (Å²) in [5.74, 6) is 2.25. The number of hydrogen-bond donors (Lipinski definition) is 0. The highest BCUT2D eigenvalue weighted by Gasteiger charge is 2.87. The van der Waals surface area contributed by atoms with E-state index in [-0.39, 0.29) is 11.2 Å². The Kier molecular flexibility index (Phi) is 1.39. The minimum Gasteiger partial charge on any atom is -0.366 e. The van der Waals surface area contributed by atoms with Crippen molar-refractivity contribution in [3.8, 4) is 0 Å². The first-order valence-electron chi connectivity index (χ1n) is 8.25. The van der Waals surface area contributed by atoms with Crippen LogP contribution in [0, 0.1) is 11.8 Å². The number of hydrogen-bond acceptors (Lipinski definition) is 3. The molecule has 21 heavy (non-hydrogen) atoms. The summed E-state index contributed by atoms with van der Waals surface area (Å²) in [7, 11) is 0. The van der Waals surface area contributed by atoms with Crippen molar-refractivity contribution < 1.29 is 14.2 Å². The van der Waals surface area contributed by atoms with E-state index < -0.39 is 0 Å². The molecule has 0 radical (unpaired) electrons. The third kappa shape index (κ3) is 0.893. The van der Waals surface area contributed by atoms with Crippen LogP contribution >= 0.6 is 0 Å². The fourth-order valence-corrected chi connectivity index (χ4v) is 6.67. The molecule has 3 nitrogen and oxygen atoms in total. The molecule has 1 aromatic rings. The van der Waals surface area contributed by atoms with Crippen LogP contribution in [0.3, 0.4) is 0 Å². The van der Waals surface area contributed by atoms with Gasteiger partial charge in [0.1, 0.15) is 17.8 Å². The summed E-state index contributed by atoms with van der Waals surface area (Å²) in [4.78, 5) is 0. The number of benzene rings is 1. The maximum atomic E-state index is 6.44. The van der Waals surface area contributed by atoms with Gasteiger partial charge in [-0.3, -0.25) is 0 Å². The van der Waals surface area contributed by atoms with Crippen LogP contribution in [-0.2, 0) is 14.2 Å². The number of rotatable bonds is 0. The Bertz CT molecular complexity index is 661. The van der Waals surface area contributed by atoms with Crippen molar-refractivity contribution in [3.05, 3.63) is 35.4 Å². The summed E-state index contributed by atoms with van der Waals surface area (Å²) < 4.78 is 18.5. The zero-order valence-corrected chi connectivity index (χ0v) is 12.2. The molecule has 1 unspecified atom stereocenters. The van der Waals surface area contributed by atoms with Gasteiger partial charge in [-0.2, -0.15) is 0 Å². The van der Waals surface area contributed by atoms with Gasteiger partial charge in [-0.05, 0) is 25.0 Å². The molecule has 5 fully saturated rings. The van der Waals surface area contributed by atoms with E-state index in [4.69, 9.17) is 14.2 Å². The Morgan fingerprint density at radius 3 is 1.71 bits per heavy atom. The summed E-state index contributed by atoms with van der Waals surface area (Å²) in [5, 5.41) is 0. The van der Waals surface area contributed by atoms with Gasteiger partial charge in [0, 0.05) is 23.7 Å². The molecular formula is C18H18O3. The number of ether oxygens (including phenoxy) is 3. The molecule has 7 rings (SSSR count). The van der Waals surface area contributed by atoms with E-state index >= 15 is 0 Å². The minimum atomic E-state index is -0.00648. The molecule has 0 aromatic heterocycles. The second-order valence-electron chi connectivity index (χ2n) is 8.28. The lowest BCUT2D eigenvalue weighted by molar-refractivity contribution is 0.195. The zero-order chi connectivity index (χ0) is 13.7. The van der Waals surface area contributed by atoms with E-state index in [9.17, 15) is 0 Å². The van der Waals surface area contributed by atoms with Gasteiger partial charge in [0.05, 0.1) is 17.8 Å². The minimum absolute atomic E-state index is 0.00648. The standard InChI is InChI=1S/C18H18O3/c1-17(2)18(21-17)11-7-5-3-4-6-8(7)12(18)10-9(11)13-15(19-13)16-14(10)20-16/h3-6,9-16H,1-2H3/t9-,10+,11-,12-,13+,14-,15+,16-,18?/m0/s1. The van der Waals surface area contributed by atoms with Gasteiger partial charge in [0.15, 0.2) is 0 Å². The average Bonchev–Trinajstić information content (AvgIpc) is 3.34. The predicted molar refractivity (Wildman–Crippen MR) is 74.1 cm³/mol. The lowest BCUT2D eigenvalue weighted by Gasteiger charge is -2.31. The van der Waals surface area contributed by atoms with Gasteiger partial charge in [0.25, 0.3) is 0 Å². The van der Waals surface area contributed by atoms with Gasteiger partial charge in [-0.1, -0.05) is 24.3 Å². The lowest BCUT2D eigenvalue weighted by Crippen LogP contribution is -2.36. The van der Waals surface area contributed by atoms with E-state index in [1.807, 2.05) is 0 Å². The molecule has 6 aliphatic rings. The predicted octanol–water partition coefficient (Wildman–Crippen LogP) is 2.21. The van der Waals surface area contributed by atoms with Crippen LogP contribution in [0.1, 0.15) is 36.8 Å². The van der Waals surface area contributed by atoms with E-state index in [1.54, 1.807) is 0 Å². The largest absolute Gasteiger partial charge is 0.366 e. The molecule has 3 saturated heterocycles. The van der Waals surface area contributed by atoms with Gasteiger partial charge in [-0.15, -0.1) is 0 Å². The van der Waals surface area contributed by atoms with Crippen molar-refractivity contribution in [1.29, 1.82) is 0 Å². The summed E-state index contributed by atoms with van der Waals surface area (Å²) >= 11 is 0. The topological polar surface area (TPSA) is 37.6 Å². The monoisotopic (exact) mass is 282 g/mol. The summed E-state index contributed by atoms with van der Waals surface area (Å²) in [6.45, 7) is 4.54. The van der Waals surface area contributed by atoms with Crippen molar-refractivity contribution in [2.45, 2.75) is 61.3 Å². The van der Waals surface area contributed by atoms with Gasteiger partial charge >= 0.3 is 0 Å². The molecule has 2 bridgehead atoms. The Balaban J connectivity index is 1.51. The maximum absolute atomic E-state index is 6.44. The van der Waals surface area contributed by atoms with Crippen LogP contribution in [0.4, 0.5) is 0 Å². The van der Waals surface area contributed by atoms with E-state index in [0.717, 1.165) is 0 Å². The van der Waals surface area contributed by atoms with E-state index in [0.29, 0.717) is 48.1 Å². The van der Waals surface area contributed by atoms with Crippen molar-refractivity contribution in [1.82, 2.24) is 0 Å². The van der Waals surface area contributed by atoms with Crippen molar-refractivity contribution in [3.63, 3.8) is 0 Å². The van der Waals surface area contributed by atoms with Gasteiger partial charge in [-0.25, -0.2) is 0 Å². The smallest absolute Gasteiger partial charge is 0.113 e. The van der Waals surface area contributed by atoms with Crippen LogP contribution < -0.4 is 0 Å². The van der Waals surface area contributed by atoms with Crippen molar-refractivity contribution >= 4 is 0 Å². The molecule has 9 atom stereocenters. The molecule has 0 N–H and O–H groups in total. The Morgan fingerprint density at radius 2 is 1.29 bits per heavy atom. The SMILES string of the molecule is CC1(C)OC12[C@H]1c3ccccc3[C@H]2[C@H]2[C@H]3O[C@H]3[C@H]3O[C@H]3[C@H]21. The fraction of sp³-hybridized carbons (Fsp3) is 0.667. The fourth-order valence-electron chi connectivity index (χ4n) is 6.67. The molecule has 3 aliphatic heterocycles. The van der Waals surface area contributed by atoms with Crippen molar-refractivity contribution in [2.75, 3.05) is 0 Å². The third-order valence-electron chi connectivity index (χ3n) is 7.33. The normalized spacial score (nSPS) is 61.8. The highest BCUT2D eigenvalue weighted by Crippen LogP contribution is 2.81. The molecule has 1 spiro atoms. The average molecular weight is 282 g/mol. The molecule has 3 heteroatoms. The van der Waals surface area contributed by atoms with Crippen LogP contribution in [0.15, 0.2) is 24.3 Å². The second-order valence-corrected chi connectivity index (χ2v) is 8.28. The van der Waals surface area contributed by atoms with Crippen LogP contribution in [-0.4, -0.2) is 35.6 Å². The number of fused-ring (bicyclic) bond motifs is 11. The lowest BCUT2D eigenvalue weighted by atomic mass is 9.69. The second kappa shape index (κ2) is 2.70. The van der Waals surface area contributed by atoms with E-state index in [1.165, 1.54) is 11.1 Å². The molecule has 3 aliphatic carbocycles. The molecule has 3 heterocycles. The first-order chi connectivity index (χ1) is 10.2. The highest BCUT2D eigenvalue weighted by molar-refractivity contribution is 5.56. The van der Waals surface area contributed by atoms with Crippen molar-refractivity contribution in [2.24, 2.45) is 11.8 Å². The Hall–Kier alpha value is -0.900. The van der Waals surface area contributed by atoms with Crippen LogP contribution in [0.5, 0.6) is 0 Å². The summed E-state index contributed by atoms with van der Waals surface area (Å²) in [6.07, 6.45) is 1.64. The number of epoxide rings is 3. The highest BCUT2D eigenvalue weighted by atomic mass is 16.7. The van der Waals surface area contributed by atoms with Crippen LogP contribution in [0.2, 0.25) is 0 Å². The van der Waals surface area contributed by atoms with Gasteiger partial charge in [0.2, 0.25) is 0 Å². The first kappa shape index (κ1) is 10.8. The molecule has 0 amide bonds. The Labute approximate surface area is 123 Å².